The molecule has 0 aliphatic carbocycles. The molecule has 1 N–H and O–H groups in total. The van der Waals surface area contributed by atoms with Gasteiger partial charge in [0.15, 0.2) is 0 Å². The third-order valence-electron chi connectivity index (χ3n) is 6.56. The number of aliphatic hydroxyl groups is 1. The molecular weight excluding hydrogens is 411 g/mol. The van der Waals surface area contributed by atoms with E-state index in [-0.39, 0.29) is 11.3 Å². The quantitative estimate of drug-likeness (QED) is 0.439. The Balaban J connectivity index is 1.79. The fourth-order valence-corrected chi connectivity index (χ4v) is 4.82. The summed E-state index contributed by atoms with van der Waals surface area (Å²) in [5.41, 5.74) is 2.11. The Morgan fingerprint density at radius 3 is 2.50 bits per heavy atom. The number of aromatic nitrogens is 2. The average Bonchev–Trinajstić information content (AvgIpc) is 3.18. The van der Waals surface area contributed by atoms with Crippen LogP contribution in [-0.2, 0) is 16.6 Å². The first-order chi connectivity index (χ1) is 15.3. The van der Waals surface area contributed by atoms with E-state index in [2.05, 4.69) is 10.00 Å². The van der Waals surface area contributed by atoms with E-state index >= 15 is 0 Å². The molecule has 1 amide bonds. The molecule has 2 saturated heterocycles. The van der Waals surface area contributed by atoms with Gasteiger partial charge in [-0.3, -0.25) is 14.3 Å². The van der Waals surface area contributed by atoms with Crippen molar-refractivity contribution < 1.29 is 19.1 Å². The van der Waals surface area contributed by atoms with Crippen LogP contribution >= 0.6 is 0 Å². The summed E-state index contributed by atoms with van der Waals surface area (Å²) in [4.78, 5) is 30.0. The minimum Gasteiger partial charge on any atom is -0.507 e. The maximum atomic E-state index is 14.1. The summed E-state index contributed by atoms with van der Waals surface area (Å²) in [6, 6.07) is 5.02. The van der Waals surface area contributed by atoms with Gasteiger partial charge >= 0.3 is 0 Å². The van der Waals surface area contributed by atoms with Gasteiger partial charge in [0.25, 0.3) is 11.7 Å². The Morgan fingerprint density at radius 2 is 1.88 bits per heavy atom. The molecule has 2 aromatic rings. The second-order valence-corrected chi connectivity index (χ2v) is 8.62. The van der Waals surface area contributed by atoms with Crippen LogP contribution in [0.4, 0.5) is 4.39 Å². The minimum atomic E-state index is -0.852. The number of carbonyl (C=O) groups is 2. The molecule has 32 heavy (non-hydrogen) atoms. The van der Waals surface area contributed by atoms with Crippen LogP contribution in [0.2, 0.25) is 0 Å². The maximum Gasteiger partial charge on any atom is 0.295 e. The van der Waals surface area contributed by atoms with Crippen molar-refractivity contribution in [2.24, 2.45) is 7.05 Å². The van der Waals surface area contributed by atoms with E-state index in [0.29, 0.717) is 35.6 Å². The molecule has 0 radical (unpaired) electrons. The SMILES string of the molecule is Cc1nn(C)c(C)c1/C(O)=C1\C(=O)C(=O)N(CCN2CCCCC2)C1c1cccc(F)c1. The second kappa shape index (κ2) is 8.86. The molecular formula is C24H29FN4O3. The normalized spacial score (nSPS) is 21.5. The zero-order chi connectivity index (χ0) is 23.0. The van der Waals surface area contributed by atoms with Crippen LogP contribution in [0, 0.1) is 19.7 Å². The lowest BCUT2D eigenvalue weighted by molar-refractivity contribution is -0.140. The van der Waals surface area contributed by atoms with Crippen LogP contribution in [0.5, 0.6) is 0 Å². The highest BCUT2D eigenvalue weighted by molar-refractivity contribution is 6.46. The van der Waals surface area contributed by atoms with Crippen LogP contribution in [0.1, 0.15) is 47.8 Å². The number of amides is 1. The van der Waals surface area contributed by atoms with Crippen LogP contribution in [0.25, 0.3) is 5.76 Å². The highest BCUT2D eigenvalue weighted by Gasteiger charge is 2.46. The molecule has 2 aliphatic rings. The van der Waals surface area contributed by atoms with Crippen molar-refractivity contribution in [3.8, 4) is 0 Å². The number of aryl methyl sites for hydroxylation is 2. The molecule has 0 saturated carbocycles. The standard InChI is InChI=1S/C24H29FN4O3/c1-15-19(16(2)27(3)26-15)22(30)20-21(17-8-7-9-18(25)14-17)29(24(32)23(20)31)13-12-28-10-5-4-6-11-28/h7-9,14,21,30H,4-6,10-13H2,1-3H3/b22-20+. The number of likely N-dealkylation sites (tertiary alicyclic amines) is 2. The van der Waals surface area contributed by atoms with Gasteiger partial charge in [0.1, 0.15) is 11.6 Å². The minimum absolute atomic E-state index is 0.0153. The zero-order valence-corrected chi connectivity index (χ0v) is 18.8. The number of piperidine rings is 1. The lowest BCUT2D eigenvalue weighted by Crippen LogP contribution is -2.40. The molecule has 7 nitrogen and oxygen atoms in total. The molecule has 3 heterocycles. The number of ketones is 1. The number of aliphatic hydroxyl groups excluding tert-OH is 1. The van der Waals surface area contributed by atoms with Gasteiger partial charge in [0.2, 0.25) is 0 Å². The topological polar surface area (TPSA) is 78.7 Å². The molecule has 2 aliphatic heterocycles. The van der Waals surface area contributed by atoms with Gasteiger partial charge in [0, 0.05) is 25.8 Å². The highest BCUT2D eigenvalue weighted by Crippen LogP contribution is 2.40. The van der Waals surface area contributed by atoms with Gasteiger partial charge in [-0.25, -0.2) is 4.39 Å². The summed E-state index contributed by atoms with van der Waals surface area (Å²) in [5.74, 6) is -2.14. The Morgan fingerprint density at radius 1 is 1.16 bits per heavy atom. The number of hydrogen-bond acceptors (Lipinski definition) is 5. The number of hydrogen-bond donors (Lipinski definition) is 1. The number of benzene rings is 1. The van der Waals surface area contributed by atoms with Crippen LogP contribution in [0.15, 0.2) is 29.8 Å². The monoisotopic (exact) mass is 440 g/mol. The molecule has 170 valence electrons. The molecule has 0 bridgehead atoms. The number of rotatable bonds is 5. The fraction of sp³-hybridized carbons (Fsp3) is 0.458. The van der Waals surface area contributed by atoms with Crippen LogP contribution < -0.4 is 0 Å². The van der Waals surface area contributed by atoms with E-state index in [1.165, 1.54) is 23.5 Å². The lowest BCUT2D eigenvalue weighted by atomic mass is 9.94. The van der Waals surface area contributed by atoms with Crippen molar-refractivity contribution in [1.82, 2.24) is 19.6 Å². The predicted molar refractivity (Wildman–Crippen MR) is 118 cm³/mol. The Kier molecular flexibility index (Phi) is 6.15. The molecule has 0 spiro atoms. The zero-order valence-electron chi connectivity index (χ0n) is 18.8. The smallest absolute Gasteiger partial charge is 0.295 e. The molecule has 1 atom stereocenters. The van der Waals surface area contributed by atoms with E-state index < -0.39 is 23.5 Å². The maximum absolute atomic E-state index is 14.1. The third-order valence-corrected chi connectivity index (χ3v) is 6.56. The van der Waals surface area contributed by atoms with Crippen molar-refractivity contribution in [3.63, 3.8) is 0 Å². The molecule has 1 unspecified atom stereocenters. The Bertz CT molecular complexity index is 1080. The summed E-state index contributed by atoms with van der Waals surface area (Å²) in [5, 5.41) is 15.6. The van der Waals surface area contributed by atoms with Crippen LogP contribution in [-0.4, -0.2) is 62.6 Å². The van der Waals surface area contributed by atoms with Crippen molar-refractivity contribution in [2.45, 2.75) is 39.2 Å². The van der Waals surface area contributed by atoms with E-state index in [0.717, 1.165) is 25.9 Å². The van der Waals surface area contributed by atoms with Crippen LogP contribution in [0.3, 0.4) is 0 Å². The fourth-order valence-electron chi connectivity index (χ4n) is 4.82. The molecule has 4 rings (SSSR count). The average molecular weight is 441 g/mol. The van der Waals surface area contributed by atoms with Crippen molar-refractivity contribution in [2.75, 3.05) is 26.2 Å². The molecule has 1 aromatic heterocycles. The molecule has 2 fully saturated rings. The number of carbonyl (C=O) groups excluding carboxylic acids is 2. The number of Topliss-reactive ketones (excluding diaryl/α,β-unsaturated/α-hetero) is 1. The van der Waals surface area contributed by atoms with Gasteiger partial charge in [-0.1, -0.05) is 18.6 Å². The third kappa shape index (κ3) is 3.95. The Labute approximate surface area is 187 Å². The van der Waals surface area contributed by atoms with Gasteiger partial charge in [-0.15, -0.1) is 0 Å². The summed E-state index contributed by atoms with van der Waals surface area (Å²) >= 11 is 0. The highest BCUT2D eigenvalue weighted by atomic mass is 19.1. The molecule has 8 heteroatoms. The van der Waals surface area contributed by atoms with E-state index in [9.17, 15) is 19.1 Å². The van der Waals surface area contributed by atoms with Crippen molar-refractivity contribution >= 4 is 17.4 Å². The van der Waals surface area contributed by atoms with Gasteiger partial charge in [0.05, 0.1) is 22.9 Å². The lowest BCUT2D eigenvalue weighted by Gasteiger charge is -2.31. The second-order valence-electron chi connectivity index (χ2n) is 8.62. The van der Waals surface area contributed by atoms with Gasteiger partial charge in [-0.2, -0.15) is 5.10 Å². The summed E-state index contributed by atoms with van der Waals surface area (Å²) < 4.78 is 15.7. The van der Waals surface area contributed by atoms with Crippen molar-refractivity contribution in [1.29, 1.82) is 0 Å². The first kappa shape index (κ1) is 22.2. The number of halogens is 1. The van der Waals surface area contributed by atoms with Crippen molar-refractivity contribution in [3.05, 3.63) is 58.2 Å². The van der Waals surface area contributed by atoms with E-state index in [1.807, 2.05) is 0 Å². The summed E-state index contributed by atoms with van der Waals surface area (Å²) in [6.45, 7) is 6.41. The van der Waals surface area contributed by atoms with Gasteiger partial charge < -0.3 is 14.9 Å². The largest absolute Gasteiger partial charge is 0.507 e. The Hall–Kier alpha value is -3.00. The van der Waals surface area contributed by atoms with E-state index in [4.69, 9.17) is 0 Å². The van der Waals surface area contributed by atoms with Gasteiger partial charge in [-0.05, 0) is 57.5 Å². The predicted octanol–water partition coefficient (Wildman–Crippen LogP) is 3.08. The summed E-state index contributed by atoms with van der Waals surface area (Å²) in [7, 11) is 1.75. The number of nitrogens with zero attached hydrogens (tertiary/aromatic N) is 4. The molecule has 1 aromatic carbocycles. The first-order valence-electron chi connectivity index (χ1n) is 11.1. The van der Waals surface area contributed by atoms with E-state index in [1.54, 1.807) is 37.7 Å². The summed E-state index contributed by atoms with van der Waals surface area (Å²) in [6.07, 6.45) is 3.44. The first-order valence-corrected chi connectivity index (χ1v) is 11.1.